The molecule has 0 bridgehead atoms. The lowest BCUT2D eigenvalue weighted by Gasteiger charge is -2.61. The molecular weight excluding hydrogens is 372 g/mol. The molecule has 0 amide bonds. The van der Waals surface area contributed by atoms with Crippen LogP contribution in [0.15, 0.2) is 11.8 Å². The second-order valence-corrected chi connectivity index (χ2v) is 12.7. The summed E-state index contributed by atoms with van der Waals surface area (Å²) in [4.78, 5) is 0. The summed E-state index contributed by atoms with van der Waals surface area (Å²) in [7, 11) is 0. The lowest BCUT2D eigenvalue weighted by atomic mass is 9.44. The number of aliphatic hydroxyl groups is 1. The molecule has 6 aliphatic rings. The number of hydrogen-bond acceptors (Lipinski definition) is 3. The Kier molecular flexibility index (Phi) is 4.35. The molecule has 5 fully saturated rings. The van der Waals surface area contributed by atoms with Gasteiger partial charge in [-0.25, -0.2) is 0 Å². The molecule has 3 heteroatoms. The highest BCUT2D eigenvalue weighted by atomic mass is 16.7. The van der Waals surface area contributed by atoms with Crippen molar-refractivity contribution in [3.8, 4) is 0 Å². The van der Waals surface area contributed by atoms with Gasteiger partial charge in [0, 0.05) is 12.3 Å². The normalized spacial score (nSPS) is 59.6. The quantitative estimate of drug-likeness (QED) is 0.523. The van der Waals surface area contributed by atoms with Crippen LogP contribution in [0.2, 0.25) is 0 Å². The lowest BCUT2D eigenvalue weighted by Crippen LogP contribution is -2.54. The van der Waals surface area contributed by atoms with Crippen molar-refractivity contribution in [1.29, 1.82) is 0 Å². The first kappa shape index (κ1) is 20.1. The average Bonchev–Trinajstić information content (AvgIpc) is 3.16. The summed E-state index contributed by atoms with van der Waals surface area (Å²) >= 11 is 0. The van der Waals surface area contributed by atoms with E-state index in [-0.39, 0.29) is 11.9 Å². The molecule has 4 aliphatic carbocycles. The SMILES string of the molecule is CC1=CO[C@]2(CC1)O[C@H]1C[C@H]3[C@@H]4CCC5C[C@@H](O)CC[C@]5(C)[C@H]4CC[C@]3(C)[C@H]1[C@H]2C. The van der Waals surface area contributed by atoms with Gasteiger partial charge in [0.15, 0.2) is 0 Å². The highest BCUT2D eigenvalue weighted by Crippen LogP contribution is 2.71. The smallest absolute Gasteiger partial charge is 0.213 e. The van der Waals surface area contributed by atoms with Gasteiger partial charge >= 0.3 is 0 Å². The minimum atomic E-state index is -0.358. The first-order valence-electron chi connectivity index (χ1n) is 13.0. The van der Waals surface area contributed by atoms with Crippen molar-refractivity contribution in [1.82, 2.24) is 0 Å². The number of fused-ring (bicyclic) bond motifs is 7. The van der Waals surface area contributed by atoms with Crippen molar-refractivity contribution < 1.29 is 14.6 Å². The maximum Gasteiger partial charge on any atom is 0.213 e. The standard InChI is InChI=1S/C27H42O3/c1-16-7-12-27(29-15-16)17(2)24-23(30-27)14-22-20-6-5-18-13-19(28)8-10-25(18,3)21(20)9-11-26(22,24)4/h15,17-24,28H,5-14H2,1-4H3/t17-,18?,19+,20-,21+,22+,23+,24+,25+,26+,27-/m1/s1. The van der Waals surface area contributed by atoms with Gasteiger partial charge in [0.1, 0.15) is 0 Å². The maximum atomic E-state index is 10.3. The molecule has 11 atom stereocenters. The molecule has 4 saturated carbocycles. The van der Waals surface area contributed by atoms with Gasteiger partial charge in [-0.2, -0.15) is 0 Å². The Labute approximate surface area is 183 Å². The summed E-state index contributed by atoms with van der Waals surface area (Å²) in [5, 5.41) is 10.3. The third-order valence-electron chi connectivity index (χ3n) is 11.6. The van der Waals surface area contributed by atoms with Gasteiger partial charge in [0.25, 0.3) is 0 Å². The topological polar surface area (TPSA) is 38.7 Å². The second-order valence-electron chi connectivity index (χ2n) is 12.7. The summed E-state index contributed by atoms with van der Waals surface area (Å²) in [6, 6.07) is 0. The number of aliphatic hydroxyl groups excluding tert-OH is 1. The average molecular weight is 415 g/mol. The van der Waals surface area contributed by atoms with Gasteiger partial charge in [-0.3, -0.25) is 0 Å². The molecular formula is C27H42O3. The molecule has 0 aromatic heterocycles. The van der Waals surface area contributed by atoms with E-state index in [0.717, 1.165) is 49.4 Å². The van der Waals surface area contributed by atoms with E-state index in [1.54, 1.807) is 0 Å². The van der Waals surface area contributed by atoms with E-state index < -0.39 is 0 Å². The summed E-state index contributed by atoms with van der Waals surface area (Å²) in [5.41, 5.74) is 2.22. The van der Waals surface area contributed by atoms with Crippen molar-refractivity contribution in [3.05, 3.63) is 11.8 Å². The minimum absolute atomic E-state index is 0.0436. The van der Waals surface area contributed by atoms with Gasteiger partial charge in [-0.1, -0.05) is 20.8 Å². The minimum Gasteiger partial charge on any atom is -0.470 e. The van der Waals surface area contributed by atoms with Crippen LogP contribution in [0.1, 0.15) is 91.9 Å². The molecule has 1 saturated heterocycles. The monoisotopic (exact) mass is 414 g/mol. The molecule has 3 nitrogen and oxygen atoms in total. The Balaban J connectivity index is 1.27. The lowest BCUT2D eigenvalue weighted by molar-refractivity contribution is -0.229. The molecule has 2 aliphatic heterocycles. The number of rotatable bonds is 0. The fourth-order valence-electron chi connectivity index (χ4n) is 10.0. The van der Waals surface area contributed by atoms with E-state index >= 15 is 0 Å². The summed E-state index contributed by atoms with van der Waals surface area (Å²) in [6.45, 7) is 9.82. The molecule has 1 spiro atoms. The van der Waals surface area contributed by atoms with Crippen LogP contribution in [-0.4, -0.2) is 23.1 Å². The van der Waals surface area contributed by atoms with Crippen molar-refractivity contribution in [2.45, 2.75) is 110 Å². The number of allylic oxidation sites excluding steroid dienone is 1. The van der Waals surface area contributed by atoms with Crippen LogP contribution in [0.25, 0.3) is 0 Å². The zero-order valence-corrected chi connectivity index (χ0v) is 19.5. The van der Waals surface area contributed by atoms with E-state index in [1.165, 1.54) is 44.1 Å². The second kappa shape index (κ2) is 6.50. The van der Waals surface area contributed by atoms with Crippen LogP contribution in [-0.2, 0) is 9.47 Å². The largest absolute Gasteiger partial charge is 0.470 e. The maximum absolute atomic E-state index is 10.3. The highest BCUT2D eigenvalue weighted by molar-refractivity contribution is 5.16. The zero-order valence-electron chi connectivity index (χ0n) is 19.5. The van der Waals surface area contributed by atoms with E-state index in [0.29, 0.717) is 28.8 Å². The molecule has 0 radical (unpaired) electrons. The van der Waals surface area contributed by atoms with E-state index in [1.807, 2.05) is 6.26 Å². The van der Waals surface area contributed by atoms with Crippen LogP contribution in [0.4, 0.5) is 0 Å². The van der Waals surface area contributed by atoms with Crippen LogP contribution in [0.5, 0.6) is 0 Å². The van der Waals surface area contributed by atoms with Gasteiger partial charge in [-0.05, 0) is 111 Å². The molecule has 168 valence electrons. The Hall–Kier alpha value is -0.540. The summed E-state index contributed by atoms with van der Waals surface area (Å²) < 4.78 is 13.2. The summed E-state index contributed by atoms with van der Waals surface area (Å²) in [6.07, 6.45) is 14.5. The van der Waals surface area contributed by atoms with Crippen molar-refractivity contribution in [2.24, 2.45) is 46.3 Å². The molecule has 6 rings (SSSR count). The van der Waals surface area contributed by atoms with Crippen LogP contribution in [0, 0.1) is 46.3 Å². The Morgan fingerprint density at radius 1 is 0.967 bits per heavy atom. The van der Waals surface area contributed by atoms with Gasteiger partial charge < -0.3 is 14.6 Å². The van der Waals surface area contributed by atoms with Crippen molar-refractivity contribution in [2.75, 3.05) is 0 Å². The van der Waals surface area contributed by atoms with E-state index in [9.17, 15) is 5.11 Å². The van der Waals surface area contributed by atoms with Crippen LogP contribution in [0.3, 0.4) is 0 Å². The first-order valence-corrected chi connectivity index (χ1v) is 13.0. The molecule has 0 aromatic rings. The Bertz CT molecular complexity index is 746. The fraction of sp³-hybridized carbons (Fsp3) is 0.926. The van der Waals surface area contributed by atoms with E-state index in [2.05, 4.69) is 27.7 Å². The predicted octanol–water partition coefficient (Wildman–Crippen LogP) is 6.06. The number of hydrogen-bond donors (Lipinski definition) is 1. The van der Waals surface area contributed by atoms with Crippen molar-refractivity contribution in [3.63, 3.8) is 0 Å². The molecule has 30 heavy (non-hydrogen) atoms. The molecule has 2 heterocycles. The van der Waals surface area contributed by atoms with E-state index in [4.69, 9.17) is 9.47 Å². The van der Waals surface area contributed by atoms with Gasteiger partial charge in [0.05, 0.1) is 18.5 Å². The van der Waals surface area contributed by atoms with Crippen LogP contribution >= 0.6 is 0 Å². The zero-order chi connectivity index (χ0) is 20.9. The number of ether oxygens (including phenoxy) is 2. The predicted molar refractivity (Wildman–Crippen MR) is 117 cm³/mol. The van der Waals surface area contributed by atoms with Gasteiger partial charge in [-0.15, -0.1) is 0 Å². The Morgan fingerprint density at radius 2 is 1.77 bits per heavy atom. The first-order chi connectivity index (χ1) is 14.3. The highest BCUT2D eigenvalue weighted by Gasteiger charge is 2.69. The third-order valence-corrected chi connectivity index (χ3v) is 11.6. The Morgan fingerprint density at radius 3 is 2.53 bits per heavy atom. The molecule has 1 unspecified atom stereocenters. The fourth-order valence-corrected chi connectivity index (χ4v) is 10.0. The third kappa shape index (κ3) is 2.51. The van der Waals surface area contributed by atoms with Gasteiger partial charge in [0.2, 0.25) is 5.79 Å². The summed E-state index contributed by atoms with van der Waals surface area (Å²) in [5.74, 6) is 4.06. The van der Waals surface area contributed by atoms with Crippen molar-refractivity contribution >= 4 is 0 Å². The molecule has 1 N–H and O–H groups in total. The molecule has 0 aromatic carbocycles. The van der Waals surface area contributed by atoms with Crippen LogP contribution < -0.4 is 0 Å².